The molecule has 0 aliphatic rings. The fourth-order valence-electron chi connectivity index (χ4n) is 2.33. The number of hydrogen-bond donors (Lipinski definition) is 2. The van der Waals surface area contributed by atoms with Gasteiger partial charge >= 0.3 is 5.97 Å². The minimum Gasteiger partial charge on any atom is -0.481 e. The third kappa shape index (κ3) is 6.26. The Bertz CT molecular complexity index is 521. The van der Waals surface area contributed by atoms with E-state index < -0.39 is 5.97 Å². The molecule has 1 unspecified atom stereocenters. The Labute approximate surface area is 126 Å². The van der Waals surface area contributed by atoms with E-state index >= 15 is 0 Å². The second-order valence-electron chi connectivity index (χ2n) is 5.65. The Kier molecular flexibility index (Phi) is 6.67. The van der Waals surface area contributed by atoms with Crippen LogP contribution >= 0.6 is 0 Å². The summed E-state index contributed by atoms with van der Waals surface area (Å²) in [6.45, 7) is 6.82. The predicted octanol–water partition coefficient (Wildman–Crippen LogP) is 3.20. The molecule has 2 N–H and O–H groups in total. The number of carbonyl (C=O) groups is 1. The Morgan fingerprint density at radius 1 is 1.43 bits per heavy atom. The van der Waals surface area contributed by atoms with Crippen molar-refractivity contribution in [2.45, 2.75) is 40.0 Å². The van der Waals surface area contributed by atoms with E-state index in [1.165, 1.54) is 0 Å². The van der Waals surface area contributed by atoms with Crippen LogP contribution in [-0.4, -0.2) is 22.6 Å². The molecule has 5 nitrogen and oxygen atoms in total. The fourth-order valence-corrected chi connectivity index (χ4v) is 2.33. The number of aryl methyl sites for hydroxylation is 1. The van der Waals surface area contributed by atoms with Gasteiger partial charge in [0.2, 0.25) is 0 Å². The van der Waals surface area contributed by atoms with Crippen molar-refractivity contribution in [2.24, 2.45) is 11.8 Å². The molecule has 0 aliphatic carbocycles. The molecule has 1 heterocycles. The molecule has 1 aromatic heterocycles. The van der Waals surface area contributed by atoms with Crippen LogP contribution in [0.1, 0.15) is 44.4 Å². The van der Waals surface area contributed by atoms with Crippen LogP contribution in [0.4, 0.5) is 5.82 Å². The van der Waals surface area contributed by atoms with Crippen LogP contribution in [0.3, 0.4) is 0 Å². The molecule has 1 atom stereocenters. The van der Waals surface area contributed by atoms with Crippen LogP contribution in [0.15, 0.2) is 12.1 Å². The number of anilines is 1. The highest BCUT2D eigenvalue weighted by Gasteiger charge is 2.14. The molecule has 1 rings (SSSR count). The van der Waals surface area contributed by atoms with Crippen LogP contribution in [0.25, 0.3) is 0 Å². The summed E-state index contributed by atoms with van der Waals surface area (Å²) in [6.07, 6.45) is 1.80. The van der Waals surface area contributed by atoms with Crippen molar-refractivity contribution in [1.29, 1.82) is 5.26 Å². The zero-order valence-electron chi connectivity index (χ0n) is 12.9. The van der Waals surface area contributed by atoms with Crippen molar-refractivity contribution in [3.63, 3.8) is 0 Å². The first-order valence-electron chi connectivity index (χ1n) is 7.26. The van der Waals surface area contributed by atoms with Gasteiger partial charge in [-0.05, 0) is 43.7 Å². The zero-order chi connectivity index (χ0) is 15.8. The molecule has 1 aromatic rings. The number of nitrogens with one attached hydrogen (secondary N) is 1. The second kappa shape index (κ2) is 8.25. The third-order valence-corrected chi connectivity index (χ3v) is 3.58. The topological polar surface area (TPSA) is 86.0 Å². The molecular weight excluding hydrogens is 266 g/mol. The van der Waals surface area contributed by atoms with Gasteiger partial charge in [-0.3, -0.25) is 4.79 Å². The van der Waals surface area contributed by atoms with Crippen LogP contribution in [-0.2, 0) is 4.79 Å². The van der Waals surface area contributed by atoms with Gasteiger partial charge in [0.15, 0.2) is 0 Å². The first-order valence-corrected chi connectivity index (χ1v) is 7.26. The lowest BCUT2D eigenvalue weighted by Crippen LogP contribution is -2.16. The molecule has 0 radical (unpaired) electrons. The largest absolute Gasteiger partial charge is 0.481 e. The minimum absolute atomic E-state index is 0.212. The van der Waals surface area contributed by atoms with Crippen molar-refractivity contribution in [3.05, 3.63) is 23.4 Å². The van der Waals surface area contributed by atoms with Gasteiger partial charge in [0.25, 0.3) is 0 Å². The first kappa shape index (κ1) is 17.0. The SMILES string of the molecule is Cc1cc(C#N)cc(NCCC(CCC(=O)O)C(C)C)n1. The highest BCUT2D eigenvalue weighted by molar-refractivity contribution is 5.66. The smallest absolute Gasteiger partial charge is 0.303 e. The van der Waals surface area contributed by atoms with Gasteiger partial charge in [-0.1, -0.05) is 13.8 Å². The highest BCUT2D eigenvalue weighted by Crippen LogP contribution is 2.21. The van der Waals surface area contributed by atoms with Crippen LogP contribution in [0, 0.1) is 30.1 Å². The normalized spacial score (nSPS) is 12.0. The lowest BCUT2D eigenvalue weighted by molar-refractivity contribution is -0.137. The summed E-state index contributed by atoms with van der Waals surface area (Å²) in [6, 6.07) is 5.59. The van der Waals surface area contributed by atoms with E-state index in [2.05, 4.69) is 30.2 Å². The molecule has 21 heavy (non-hydrogen) atoms. The maximum atomic E-state index is 10.7. The van der Waals surface area contributed by atoms with Crippen molar-refractivity contribution >= 4 is 11.8 Å². The van der Waals surface area contributed by atoms with Crippen LogP contribution < -0.4 is 5.32 Å². The molecular formula is C16H23N3O2. The van der Waals surface area contributed by atoms with Crippen molar-refractivity contribution in [3.8, 4) is 6.07 Å². The van der Waals surface area contributed by atoms with E-state index in [4.69, 9.17) is 10.4 Å². The maximum Gasteiger partial charge on any atom is 0.303 e. The van der Waals surface area contributed by atoms with Gasteiger partial charge in [0, 0.05) is 18.7 Å². The molecule has 0 saturated carbocycles. The number of rotatable bonds is 8. The van der Waals surface area contributed by atoms with E-state index in [-0.39, 0.29) is 6.42 Å². The van der Waals surface area contributed by atoms with E-state index in [1.807, 2.05) is 6.92 Å². The molecule has 5 heteroatoms. The number of aromatic nitrogens is 1. The van der Waals surface area contributed by atoms with Crippen LogP contribution in [0.5, 0.6) is 0 Å². The number of hydrogen-bond acceptors (Lipinski definition) is 4. The minimum atomic E-state index is -0.743. The highest BCUT2D eigenvalue weighted by atomic mass is 16.4. The summed E-state index contributed by atoms with van der Waals surface area (Å²) in [4.78, 5) is 15.0. The van der Waals surface area contributed by atoms with Gasteiger partial charge in [-0.15, -0.1) is 0 Å². The third-order valence-electron chi connectivity index (χ3n) is 3.58. The summed E-state index contributed by atoms with van der Waals surface area (Å²) >= 11 is 0. The molecule has 0 amide bonds. The van der Waals surface area contributed by atoms with E-state index in [0.717, 1.165) is 18.7 Å². The van der Waals surface area contributed by atoms with E-state index in [0.29, 0.717) is 29.6 Å². The van der Waals surface area contributed by atoms with Gasteiger partial charge < -0.3 is 10.4 Å². The maximum absolute atomic E-state index is 10.7. The average molecular weight is 289 g/mol. The van der Waals surface area contributed by atoms with Crippen molar-refractivity contribution < 1.29 is 9.90 Å². The van der Waals surface area contributed by atoms with E-state index in [9.17, 15) is 4.79 Å². The fraction of sp³-hybridized carbons (Fsp3) is 0.562. The Hall–Kier alpha value is -2.09. The standard InChI is InChI=1S/C16H23N3O2/c1-11(2)14(4-5-16(20)21)6-7-18-15-9-13(10-17)8-12(3)19-15/h8-9,11,14H,4-7H2,1-3H3,(H,18,19)(H,20,21). The van der Waals surface area contributed by atoms with Gasteiger partial charge in [0.1, 0.15) is 5.82 Å². The molecule has 0 aliphatic heterocycles. The Morgan fingerprint density at radius 3 is 2.71 bits per heavy atom. The van der Waals surface area contributed by atoms with Crippen molar-refractivity contribution in [1.82, 2.24) is 4.98 Å². The predicted molar refractivity (Wildman–Crippen MR) is 82.0 cm³/mol. The molecule has 0 aromatic carbocycles. The van der Waals surface area contributed by atoms with Gasteiger partial charge in [0.05, 0.1) is 11.6 Å². The Balaban J connectivity index is 2.52. The number of carboxylic acid groups (broad SMARTS) is 1. The van der Waals surface area contributed by atoms with E-state index in [1.54, 1.807) is 12.1 Å². The summed E-state index contributed by atoms with van der Waals surface area (Å²) < 4.78 is 0. The number of carboxylic acids is 1. The molecule has 0 fully saturated rings. The summed E-state index contributed by atoms with van der Waals surface area (Å²) in [5.41, 5.74) is 1.40. The summed E-state index contributed by atoms with van der Waals surface area (Å²) in [7, 11) is 0. The lowest BCUT2D eigenvalue weighted by Gasteiger charge is -2.20. The number of nitrogens with zero attached hydrogens (tertiary/aromatic N) is 2. The summed E-state index contributed by atoms with van der Waals surface area (Å²) in [5, 5.41) is 20.9. The second-order valence-corrected chi connectivity index (χ2v) is 5.65. The van der Waals surface area contributed by atoms with Gasteiger partial charge in [-0.25, -0.2) is 4.98 Å². The zero-order valence-corrected chi connectivity index (χ0v) is 12.9. The van der Waals surface area contributed by atoms with Crippen molar-refractivity contribution in [2.75, 3.05) is 11.9 Å². The molecule has 0 spiro atoms. The average Bonchev–Trinajstić information content (AvgIpc) is 2.41. The van der Waals surface area contributed by atoms with Gasteiger partial charge in [-0.2, -0.15) is 5.26 Å². The number of aliphatic carboxylic acids is 1. The van der Waals surface area contributed by atoms with Crippen LogP contribution in [0.2, 0.25) is 0 Å². The monoisotopic (exact) mass is 289 g/mol. The molecule has 0 bridgehead atoms. The number of nitriles is 1. The summed E-state index contributed by atoms with van der Waals surface area (Å²) in [5.74, 6) is 0.778. The first-order chi connectivity index (χ1) is 9.92. The number of pyridine rings is 1. The Morgan fingerprint density at radius 2 is 2.14 bits per heavy atom. The molecule has 114 valence electrons. The lowest BCUT2D eigenvalue weighted by atomic mass is 9.88. The molecule has 0 saturated heterocycles. The quantitative estimate of drug-likeness (QED) is 0.767.